The lowest BCUT2D eigenvalue weighted by atomic mass is 10.1. The van der Waals surface area contributed by atoms with Crippen LogP contribution in [0.5, 0.6) is 5.88 Å². The summed E-state index contributed by atoms with van der Waals surface area (Å²) in [5, 5.41) is 16.5. The van der Waals surface area contributed by atoms with E-state index in [1.54, 1.807) is 19.2 Å². The number of aromatic hydroxyl groups is 1. The van der Waals surface area contributed by atoms with Gasteiger partial charge in [0.05, 0.1) is 26.0 Å². The Morgan fingerprint density at radius 2 is 1.90 bits per heavy atom. The quantitative estimate of drug-likeness (QED) is 0.602. The van der Waals surface area contributed by atoms with Crippen LogP contribution in [0.1, 0.15) is 10.4 Å². The van der Waals surface area contributed by atoms with Gasteiger partial charge in [-0.2, -0.15) is 4.98 Å². The number of amidine groups is 1. The van der Waals surface area contributed by atoms with E-state index >= 15 is 0 Å². The highest BCUT2D eigenvalue weighted by atomic mass is 35.5. The van der Waals surface area contributed by atoms with Gasteiger partial charge >= 0.3 is 0 Å². The van der Waals surface area contributed by atoms with Crippen LogP contribution < -0.4 is 15.9 Å². The third kappa shape index (κ3) is 4.13. The third-order valence-corrected chi connectivity index (χ3v) is 5.74. The first-order valence-corrected chi connectivity index (χ1v) is 10.2. The second-order valence-electron chi connectivity index (χ2n) is 5.92. The zero-order valence-electron chi connectivity index (χ0n) is 14.8. The number of rotatable bonds is 3. The molecule has 1 aliphatic heterocycles. The summed E-state index contributed by atoms with van der Waals surface area (Å²) in [6.07, 6.45) is 3.29. The number of fused-ring (bicyclic) bond motifs is 1. The number of anilines is 2. The van der Waals surface area contributed by atoms with Gasteiger partial charge in [0.25, 0.3) is 0 Å². The number of hydrogen-bond acceptors (Lipinski definition) is 6. The number of aliphatic imine (C=N–C) groups is 2. The Labute approximate surface area is 184 Å². The van der Waals surface area contributed by atoms with Crippen molar-refractivity contribution in [2.45, 2.75) is 0 Å². The molecule has 3 aromatic rings. The fraction of sp³-hybridized carbons (Fsp3) is 0.0526. The monoisotopic (exact) mass is 463 g/mol. The molecule has 0 aliphatic carbocycles. The van der Waals surface area contributed by atoms with Crippen LogP contribution in [0.4, 0.5) is 10.8 Å². The number of hydrogen-bond donors (Lipinski definition) is 2. The number of aromatic nitrogens is 1. The number of halogens is 3. The van der Waals surface area contributed by atoms with Crippen LogP contribution in [0.2, 0.25) is 15.1 Å². The van der Waals surface area contributed by atoms with E-state index in [0.29, 0.717) is 36.6 Å². The molecule has 0 unspecified atom stereocenters. The molecular weight excluding hydrogens is 453 g/mol. The van der Waals surface area contributed by atoms with E-state index < -0.39 is 0 Å². The first-order valence-electron chi connectivity index (χ1n) is 8.25. The van der Waals surface area contributed by atoms with Crippen LogP contribution in [0.15, 0.2) is 45.3 Å². The van der Waals surface area contributed by atoms with Crippen molar-refractivity contribution in [1.82, 2.24) is 4.98 Å². The molecule has 0 saturated carbocycles. The summed E-state index contributed by atoms with van der Waals surface area (Å²) < 4.78 is 0. The zero-order valence-corrected chi connectivity index (χ0v) is 17.9. The summed E-state index contributed by atoms with van der Waals surface area (Å²) in [6, 6.07) is 8.84. The normalized spacial score (nSPS) is 14.8. The molecule has 10 heteroatoms. The molecule has 0 spiro atoms. The maximum Gasteiger partial charge on any atom is 0.231 e. The van der Waals surface area contributed by atoms with Gasteiger partial charge in [0, 0.05) is 17.6 Å². The molecule has 2 N–H and O–H groups in total. The molecule has 146 valence electrons. The van der Waals surface area contributed by atoms with Gasteiger partial charge in [0.15, 0.2) is 11.0 Å². The highest BCUT2D eigenvalue weighted by molar-refractivity contribution is 7.16. The maximum atomic E-state index is 10.3. The Morgan fingerprint density at radius 1 is 1.14 bits per heavy atom. The average Bonchev–Trinajstić information content (AvgIpc) is 3.03. The van der Waals surface area contributed by atoms with E-state index in [1.165, 1.54) is 17.7 Å². The summed E-state index contributed by atoms with van der Waals surface area (Å²) in [5.74, 6) is 0.497. The molecule has 6 nitrogen and oxygen atoms in total. The van der Waals surface area contributed by atoms with Crippen molar-refractivity contribution in [3.63, 3.8) is 0 Å². The highest BCUT2D eigenvalue weighted by Gasteiger charge is 2.13. The van der Waals surface area contributed by atoms with Crippen LogP contribution in [-0.2, 0) is 0 Å². The second-order valence-corrected chi connectivity index (χ2v) is 8.20. The molecule has 0 amide bonds. The van der Waals surface area contributed by atoms with Gasteiger partial charge in [-0.15, -0.1) is 0 Å². The van der Waals surface area contributed by atoms with Crippen molar-refractivity contribution in [2.75, 3.05) is 12.4 Å². The van der Waals surface area contributed by atoms with Gasteiger partial charge < -0.3 is 10.4 Å². The van der Waals surface area contributed by atoms with Crippen molar-refractivity contribution >= 4 is 75.2 Å². The first kappa shape index (κ1) is 19.8. The lowest BCUT2D eigenvalue weighted by molar-refractivity contribution is 0.457. The number of thiazole rings is 1. The van der Waals surface area contributed by atoms with Crippen molar-refractivity contribution < 1.29 is 5.11 Å². The molecule has 0 fully saturated rings. The van der Waals surface area contributed by atoms with Crippen LogP contribution in [0, 0.1) is 0 Å². The van der Waals surface area contributed by atoms with Crippen LogP contribution in [0.25, 0.3) is 6.08 Å². The fourth-order valence-electron chi connectivity index (χ4n) is 2.72. The molecule has 0 atom stereocenters. The SMILES string of the molecule is CN=C1N=CN=c2ccc(=Cc3sc(Nc4c(Cl)cc(Cl)cc4Cl)nc3O)cc21. The van der Waals surface area contributed by atoms with Crippen molar-refractivity contribution in [2.24, 2.45) is 15.0 Å². The molecular formula is C19H12Cl3N5OS. The van der Waals surface area contributed by atoms with Gasteiger partial charge in [0.2, 0.25) is 5.88 Å². The summed E-state index contributed by atoms with van der Waals surface area (Å²) >= 11 is 19.6. The molecule has 0 saturated heterocycles. The zero-order chi connectivity index (χ0) is 20.5. The van der Waals surface area contributed by atoms with E-state index in [0.717, 1.165) is 16.1 Å². The third-order valence-electron chi connectivity index (χ3n) is 4.02. The van der Waals surface area contributed by atoms with Crippen molar-refractivity contribution in [3.05, 3.63) is 66.4 Å². The number of nitrogens with one attached hydrogen (secondary N) is 1. The Bertz CT molecular complexity index is 1280. The second kappa shape index (κ2) is 8.12. The first-order chi connectivity index (χ1) is 13.9. The molecule has 1 aliphatic rings. The van der Waals surface area contributed by atoms with Crippen LogP contribution in [0.3, 0.4) is 0 Å². The number of nitrogens with zero attached hydrogens (tertiary/aromatic N) is 4. The highest BCUT2D eigenvalue weighted by Crippen LogP contribution is 2.38. The predicted octanol–water partition coefficient (Wildman–Crippen LogP) is 4.42. The lowest BCUT2D eigenvalue weighted by Crippen LogP contribution is -2.22. The Morgan fingerprint density at radius 3 is 2.62 bits per heavy atom. The topological polar surface area (TPSA) is 82.2 Å². The van der Waals surface area contributed by atoms with Crippen molar-refractivity contribution in [3.8, 4) is 5.88 Å². The van der Waals surface area contributed by atoms with Crippen LogP contribution in [-0.4, -0.2) is 29.3 Å². The standard InChI is InChI=1S/C19H12Cl3N5OS/c1-23-17-11-4-9(2-3-14(11)24-8-25-17)5-15-18(28)27-19(29-15)26-16-12(21)6-10(20)7-13(16)22/h2-8,28H,1H3,(H,26,27). The minimum atomic E-state index is -0.108. The van der Waals surface area contributed by atoms with Gasteiger partial charge in [-0.3, -0.25) is 4.99 Å². The molecule has 2 aromatic carbocycles. The predicted molar refractivity (Wildman–Crippen MR) is 120 cm³/mol. The van der Waals surface area contributed by atoms with Gasteiger partial charge in [-0.1, -0.05) is 52.2 Å². The minimum absolute atomic E-state index is 0.108. The average molecular weight is 465 g/mol. The Balaban J connectivity index is 1.70. The molecule has 29 heavy (non-hydrogen) atoms. The Hall–Kier alpha value is -2.45. The van der Waals surface area contributed by atoms with Gasteiger partial charge in [-0.25, -0.2) is 9.98 Å². The molecule has 4 rings (SSSR count). The van der Waals surface area contributed by atoms with E-state index in [2.05, 4.69) is 25.3 Å². The molecule has 0 radical (unpaired) electrons. The van der Waals surface area contributed by atoms with Gasteiger partial charge in [-0.05, 0) is 35.6 Å². The largest absolute Gasteiger partial charge is 0.492 e. The molecule has 0 bridgehead atoms. The summed E-state index contributed by atoms with van der Waals surface area (Å²) in [5.41, 5.74) is 1.29. The van der Waals surface area contributed by atoms with E-state index in [4.69, 9.17) is 34.8 Å². The Kier molecular flexibility index (Phi) is 5.56. The minimum Gasteiger partial charge on any atom is -0.492 e. The smallest absolute Gasteiger partial charge is 0.231 e. The van der Waals surface area contributed by atoms with E-state index in [9.17, 15) is 5.11 Å². The number of benzene rings is 2. The summed E-state index contributed by atoms with van der Waals surface area (Å²) in [7, 11) is 1.68. The van der Waals surface area contributed by atoms with E-state index in [-0.39, 0.29) is 5.88 Å². The maximum absolute atomic E-state index is 10.3. The van der Waals surface area contributed by atoms with Crippen LogP contribution >= 0.6 is 46.1 Å². The molecule has 2 heterocycles. The molecule has 1 aromatic heterocycles. The van der Waals surface area contributed by atoms with Crippen molar-refractivity contribution in [1.29, 1.82) is 0 Å². The summed E-state index contributed by atoms with van der Waals surface area (Å²) in [6.45, 7) is 0. The van der Waals surface area contributed by atoms with Gasteiger partial charge in [0.1, 0.15) is 6.34 Å². The summed E-state index contributed by atoms with van der Waals surface area (Å²) in [4.78, 5) is 17.3. The lowest BCUT2D eigenvalue weighted by Gasteiger charge is -2.07. The fourth-order valence-corrected chi connectivity index (χ4v) is 4.46. The van der Waals surface area contributed by atoms with E-state index in [1.807, 2.05) is 24.3 Å².